The molecule has 0 fully saturated rings. The summed E-state index contributed by atoms with van der Waals surface area (Å²) in [5.74, 6) is -0.352. The molecule has 0 bridgehead atoms. The quantitative estimate of drug-likeness (QED) is 0.558. The molecule has 5 heteroatoms. The van der Waals surface area contributed by atoms with Crippen molar-refractivity contribution in [1.82, 2.24) is 4.57 Å². The number of nitrogens with zero attached hydrogens (tertiary/aromatic N) is 1. The second kappa shape index (κ2) is 7.35. The maximum atomic E-state index is 14.0. The number of benzene rings is 2. The van der Waals surface area contributed by atoms with Gasteiger partial charge < -0.3 is 9.30 Å². The number of carbonyl (C=O) groups excluding carboxylic acids is 1. The van der Waals surface area contributed by atoms with Crippen LogP contribution in [0.4, 0.5) is 4.39 Å². The lowest BCUT2D eigenvalue weighted by Crippen LogP contribution is -2.18. The molecule has 1 aromatic heterocycles. The van der Waals surface area contributed by atoms with Crippen molar-refractivity contribution >= 4 is 28.5 Å². The van der Waals surface area contributed by atoms with E-state index in [9.17, 15) is 9.18 Å². The van der Waals surface area contributed by atoms with Crippen molar-refractivity contribution in [1.29, 1.82) is 0 Å². The summed E-state index contributed by atoms with van der Waals surface area (Å²) in [6.45, 7) is 0.659. The summed E-state index contributed by atoms with van der Waals surface area (Å²) < 4.78 is 21.1. The summed E-state index contributed by atoms with van der Waals surface area (Å²) in [6, 6.07) is 12.7. The van der Waals surface area contributed by atoms with E-state index in [0.29, 0.717) is 18.0 Å². The molecule has 0 N–H and O–H groups in total. The molecule has 0 saturated heterocycles. The minimum absolute atomic E-state index is 0.0870. The fraction of sp³-hybridized carbons (Fsp3) is 0.318. The van der Waals surface area contributed by atoms with Gasteiger partial charge in [-0.2, -0.15) is 0 Å². The molecule has 0 radical (unpaired) electrons. The van der Waals surface area contributed by atoms with Crippen molar-refractivity contribution in [2.75, 3.05) is 7.11 Å². The molecule has 4 rings (SSSR count). The molecule has 1 unspecified atom stereocenters. The molecule has 0 spiro atoms. The number of carbonyl (C=O) groups is 1. The summed E-state index contributed by atoms with van der Waals surface area (Å²) in [4.78, 5) is 12.0. The number of fused-ring (bicyclic) bond motifs is 3. The van der Waals surface area contributed by atoms with Crippen LogP contribution >= 0.6 is 11.6 Å². The zero-order valence-corrected chi connectivity index (χ0v) is 15.9. The maximum Gasteiger partial charge on any atom is 0.306 e. The average Bonchev–Trinajstić information content (AvgIpc) is 2.97. The van der Waals surface area contributed by atoms with Gasteiger partial charge in [-0.15, -0.1) is 0 Å². The zero-order chi connectivity index (χ0) is 19.0. The molecule has 1 aliphatic carbocycles. The van der Waals surface area contributed by atoms with E-state index in [1.165, 1.54) is 18.7 Å². The van der Waals surface area contributed by atoms with E-state index in [1.807, 2.05) is 30.3 Å². The average molecular weight is 386 g/mol. The first kappa shape index (κ1) is 18.1. The number of esters is 1. The van der Waals surface area contributed by atoms with Crippen LogP contribution in [0.25, 0.3) is 10.9 Å². The van der Waals surface area contributed by atoms with Crippen LogP contribution in [0, 0.1) is 5.82 Å². The second-order valence-corrected chi connectivity index (χ2v) is 7.54. The summed E-state index contributed by atoms with van der Waals surface area (Å²) in [5, 5.41) is 1.65. The third-order valence-electron chi connectivity index (χ3n) is 5.44. The Bertz CT molecular complexity index is 994. The highest BCUT2D eigenvalue weighted by molar-refractivity contribution is 6.30. The molecule has 140 valence electrons. The number of rotatable bonds is 4. The van der Waals surface area contributed by atoms with Gasteiger partial charge in [0.2, 0.25) is 0 Å². The van der Waals surface area contributed by atoms with Gasteiger partial charge in [-0.1, -0.05) is 23.7 Å². The number of hydrogen-bond donors (Lipinski definition) is 0. The topological polar surface area (TPSA) is 31.2 Å². The third kappa shape index (κ3) is 3.46. The lowest BCUT2D eigenvalue weighted by Gasteiger charge is -2.25. The van der Waals surface area contributed by atoms with E-state index in [0.717, 1.165) is 41.4 Å². The SMILES string of the molecule is COC(=O)CC1CCCc2c1n(Cc1ccc(Cl)cc1)c1ccc(F)cc21. The molecule has 2 aromatic carbocycles. The predicted octanol–water partition coefficient (Wildman–Crippen LogP) is 5.47. The van der Waals surface area contributed by atoms with Crippen LogP contribution in [0.15, 0.2) is 42.5 Å². The Morgan fingerprint density at radius 1 is 1.26 bits per heavy atom. The lowest BCUT2D eigenvalue weighted by atomic mass is 9.84. The molecule has 1 atom stereocenters. The first-order valence-corrected chi connectivity index (χ1v) is 9.56. The largest absolute Gasteiger partial charge is 0.469 e. The third-order valence-corrected chi connectivity index (χ3v) is 5.69. The molecular weight excluding hydrogens is 365 g/mol. The van der Waals surface area contributed by atoms with E-state index in [1.54, 1.807) is 6.07 Å². The Labute approximate surface area is 162 Å². The van der Waals surface area contributed by atoms with Crippen molar-refractivity contribution in [2.45, 2.75) is 38.1 Å². The van der Waals surface area contributed by atoms with Gasteiger partial charge in [-0.3, -0.25) is 4.79 Å². The van der Waals surface area contributed by atoms with Gasteiger partial charge in [0.25, 0.3) is 0 Å². The van der Waals surface area contributed by atoms with Gasteiger partial charge in [-0.05, 0) is 60.7 Å². The van der Waals surface area contributed by atoms with E-state index < -0.39 is 0 Å². The van der Waals surface area contributed by atoms with Crippen molar-refractivity contribution in [3.63, 3.8) is 0 Å². The summed E-state index contributed by atoms with van der Waals surface area (Å²) in [5.41, 5.74) is 4.43. The van der Waals surface area contributed by atoms with Crippen LogP contribution in [0.1, 0.15) is 42.0 Å². The standard InChI is InChI=1S/C22H21ClFNO2/c1-27-21(26)11-15-3-2-4-18-19-12-17(24)9-10-20(19)25(22(15)18)13-14-5-7-16(23)8-6-14/h5-10,12,15H,2-4,11,13H2,1H3. The van der Waals surface area contributed by atoms with Crippen molar-refractivity contribution in [2.24, 2.45) is 0 Å². The van der Waals surface area contributed by atoms with Gasteiger partial charge in [0.1, 0.15) is 5.82 Å². The molecule has 1 aliphatic rings. The number of halogens is 2. The summed E-state index contributed by atoms with van der Waals surface area (Å²) >= 11 is 6.02. The van der Waals surface area contributed by atoms with E-state index >= 15 is 0 Å². The Kier molecular flexibility index (Phi) is 4.92. The van der Waals surface area contributed by atoms with E-state index in [-0.39, 0.29) is 17.7 Å². The summed E-state index contributed by atoms with van der Waals surface area (Å²) in [7, 11) is 1.42. The van der Waals surface area contributed by atoms with E-state index in [2.05, 4.69) is 4.57 Å². The molecule has 0 amide bonds. The van der Waals surface area contributed by atoms with E-state index in [4.69, 9.17) is 16.3 Å². The number of aromatic nitrogens is 1. The van der Waals surface area contributed by atoms with Crippen molar-refractivity contribution in [3.8, 4) is 0 Å². The molecule has 0 saturated carbocycles. The first-order valence-electron chi connectivity index (χ1n) is 9.18. The smallest absolute Gasteiger partial charge is 0.306 e. The fourth-order valence-electron chi connectivity index (χ4n) is 4.23. The Morgan fingerprint density at radius 2 is 2.04 bits per heavy atom. The molecule has 1 heterocycles. The molecule has 0 aliphatic heterocycles. The van der Waals surface area contributed by atoms with Crippen LogP contribution in [-0.2, 0) is 22.5 Å². The Balaban J connectivity index is 1.86. The van der Waals surface area contributed by atoms with Gasteiger partial charge in [0.05, 0.1) is 13.5 Å². The van der Waals surface area contributed by atoms with Crippen molar-refractivity contribution in [3.05, 3.63) is 70.1 Å². The van der Waals surface area contributed by atoms with Crippen LogP contribution in [0.5, 0.6) is 0 Å². The highest BCUT2D eigenvalue weighted by Crippen LogP contribution is 2.41. The van der Waals surface area contributed by atoms with Crippen LogP contribution in [-0.4, -0.2) is 17.6 Å². The van der Waals surface area contributed by atoms with Gasteiger partial charge in [0.15, 0.2) is 0 Å². The summed E-state index contributed by atoms with van der Waals surface area (Å²) in [6.07, 6.45) is 3.18. The minimum atomic E-state index is -0.232. The highest BCUT2D eigenvalue weighted by Gasteiger charge is 2.29. The first-order chi connectivity index (χ1) is 13.1. The number of aryl methyl sites for hydroxylation is 1. The second-order valence-electron chi connectivity index (χ2n) is 7.11. The van der Waals surface area contributed by atoms with Gasteiger partial charge in [0, 0.05) is 34.1 Å². The molecule has 3 nitrogen and oxygen atoms in total. The number of methoxy groups -OCH3 is 1. The lowest BCUT2D eigenvalue weighted by molar-refractivity contribution is -0.141. The van der Waals surface area contributed by atoms with Crippen LogP contribution in [0.2, 0.25) is 5.02 Å². The Hall–Kier alpha value is -2.33. The Morgan fingerprint density at radius 3 is 2.78 bits per heavy atom. The maximum absolute atomic E-state index is 14.0. The predicted molar refractivity (Wildman–Crippen MR) is 105 cm³/mol. The van der Waals surface area contributed by atoms with Crippen LogP contribution in [0.3, 0.4) is 0 Å². The minimum Gasteiger partial charge on any atom is -0.469 e. The normalized spacial score (nSPS) is 16.3. The fourth-order valence-corrected chi connectivity index (χ4v) is 4.36. The molecule has 27 heavy (non-hydrogen) atoms. The van der Waals surface area contributed by atoms with Crippen molar-refractivity contribution < 1.29 is 13.9 Å². The number of hydrogen-bond acceptors (Lipinski definition) is 2. The highest BCUT2D eigenvalue weighted by atomic mass is 35.5. The monoisotopic (exact) mass is 385 g/mol. The zero-order valence-electron chi connectivity index (χ0n) is 15.2. The molecular formula is C22H21ClFNO2. The van der Waals surface area contributed by atoms with Gasteiger partial charge >= 0.3 is 5.97 Å². The molecule has 3 aromatic rings. The van der Waals surface area contributed by atoms with Crippen LogP contribution < -0.4 is 0 Å². The van der Waals surface area contributed by atoms with Gasteiger partial charge in [-0.25, -0.2) is 4.39 Å². The number of ether oxygens (including phenoxy) is 1.